The lowest BCUT2D eigenvalue weighted by atomic mass is 10.1. The van der Waals surface area contributed by atoms with E-state index in [9.17, 15) is 0 Å². The van der Waals surface area contributed by atoms with E-state index in [0.29, 0.717) is 6.61 Å². The Bertz CT molecular complexity index is 1010. The van der Waals surface area contributed by atoms with Gasteiger partial charge in [-0.15, -0.1) is 12.8 Å². The standard InChI is InChI=1S/C30H31NO/c1-6-24-8-12-26(13-9-24)20-31(21-27-14-10-25(7-2)11-15-27)22-28-16-18-29(19-17-28)23-32-30(3,4)5/h1-2,8-19H,20-23H2,3-5H3. The average molecular weight is 422 g/mol. The molecule has 2 heteroatoms. The third kappa shape index (κ3) is 7.44. The zero-order valence-corrected chi connectivity index (χ0v) is 19.3. The van der Waals surface area contributed by atoms with E-state index in [0.717, 1.165) is 30.8 Å². The first-order valence-electron chi connectivity index (χ1n) is 10.9. The molecule has 0 aromatic heterocycles. The van der Waals surface area contributed by atoms with Crippen molar-refractivity contribution in [2.45, 2.75) is 52.6 Å². The Kier molecular flexibility index (Phi) is 7.91. The zero-order chi connectivity index (χ0) is 23.0. The van der Waals surface area contributed by atoms with Gasteiger partial charge in [-0.3, -0.25) is 4.90 Å². The maximum Gasteiger partial charge on any atom is 0.0724 e. The molecule has 0 heterocycles. The SMILES string of the molecule is C#Cc1ccc(CN(Cc2ccc(C#C)cc2)Cc2ccc(COC(C)(C)C)cc2)cc1. The third-order valence-corrected chi connectivity index (χ3v) is 5.15. The molecule has 0 unspecified atom stereocenters. The van der Waals surface area contributed by atoms with Gasteiger partial charge in [0.25, 0.3) is 0 Å². The maximum atomic E-state index is 5.89. The van der Waals surface area contributed by atoms with Crippen molar-refractivity contribution in [1.82, 2.24) is 4.90 Å². The molecule has 0 saturated carbocycles. The molecule has 0 bridgehead atoms. The molecule has 0 aliphatic rings. The Morgan fingerprint density at radius 3 is 1.31 bits per heavy atom. The molecular weight excluding hydrogens is 390 g/mol. The van der Waals surface area contributed by atoms with E-state index in [1.54, 1.807) is 0 Å². The van der Waals surface area contributed by atoms with Gasteiger partial charge in [0.15, 0.2) is 0 Å². The lowest BCUT2D eigenvalue weighted by Gasteiger charge is -2.23. The topological polar surface area (TPSA) is 12.5 Å². The molecule has 0 aliphatic carbocycles. The van der Waals surface area contributed by atoms with Crippen LogP contribution in [-0.4, -0.2) is 10.5 Å². The van der Waals surface area contributed by atoms with Gasteiger partial charge >= 0.3 is 0 Å². The van der Waals surface area contributed by atoms with Crippen LogP contribution in [0.1, 0.15) is 54.2 Å². The zero-order valence-electron chi connectivity index (χ0n) is 19.3. The van der Waals surface area contributed by atoms with Crippen molar-refractivity contribution in [3.05, 3.63) is 106 Å². The second kappa shape index (κ2) is 10.8. The Balaban J connectivity index is 1.73. The highest BCUT2D eigenvalue weighted by molar-refractivity contribution is 5.35. The molecule has 162 valence electrons. The van der Waals surface area contributed by atoms with Gasteiger partial charge in [-0.1, -0.05) is 60.4 Å². The van der Waals surface area contributed by atoms with Gasteiger partial charge in [-0.2, -0.15) is 0 Å². The van der Waals surface area contributed by atoms with Crippen molar-refractivity contribution in [2.75, 3.05) is 0 Å². The summed E-state index contributed by atoms with van der Waals surface area (Å²) >= 11 is 0. The first-order chi connectivity index (χ1) is 15.3. The van der Waals surface area contributed by atoms with E-state index >= 15 is 0 Å². The van der Waals surface area contributed by atoms with E-state index in [4.69, 9.17) is 17.6 Å². The van der Waals surface area contributed by atoms with Crippen LogP contribution in [0.4, 0.5) is 0 Å². The quantitative estimate of drug-likeness (QED) is 0.404. The fourth-order valence-electron chi connectivity index (χ4n) is 3.40. The van der Waals surface area contributed by atoms with E-state index in [-0.39, 0.29) is 5.60 Å². The summed E-state index contributed by atoms with van der Waals surface area (Å²) in [4.78, 5) is 2.43. The van der Waals surface area contributed by atoms with Gasteiger partial charge in [0.05, 0.1) is 12.2 Å². The van der Waals surface area contributed by atoms with Gasteiger partial charge in [0.2, 0.25) is 0 Å². The summed E-state index contributed by atoms with van der Waals surface area (Å²) in [6, 6.07) is 25.1. The predicted octanol–water partition coefficient (Wildman–Crippen LogP) is 6.17. The normalized spacial score (nSPS) is 11.2. The van der Waals surface area contributed by atoms with Gasteiger partial charge < -0.3 is 4.74 Å². The Morgan fingerprint density at radius 2 is 0.969 bits per heavy atom. The summed E-state index contributed by atoms with van der Waals surface area (Å²) in [5, 5.41) is 0. The van der Waals surface area contributed by atoms with Crippen LogP contribution in [-0.2, 0) is 31.0 Å². The Morgan fingerprint density at radius 1 is 0.625 bits per heavy atom. The van der Waals surface area contributed by atoms with E-state index in [1.807, 2.05) is 24.3 Å². The summed E-state index contributed by atoms with van der Waals surface area (Å²) in [7, 11) is 0. The van der Waals surface area contributed by atoms with Crippen molar-refractivity contribution in [1.29, 1.82) is 0 Å². The first-order valence-corrected chi connectivity index (χ1v) is 10.9. The van der Waals surface area contributed by atoms with Crippen LogP contribution in [0.5, 0.6) is 0 Å². The number of rotatable bonds is 8. The van der Waals surface area contributed by atoms with Crippen molar-refractivity contribution >= 4 is 0 Å². The lowest BCUT2D eigenvalue weighted by molar-refractivity contribution is -0.0149. The lowest BCUT2D eigenvalue weighted by Crippen LogP contribution is -2.22. The van der Waals surface area contributed by atoms with E-state index in [1.165, 1.54) is 22.3 Å². The molecule has 3 aromatic rings. The van der Waals surface area contributed by atoms with Crippen LogP contribution in [0.25, 0.3) is 0 Å². The highest BCUT2D eigenvalue weighted by Gasteiger charge is 2.11. The molecule has 0 fully saturated rings. The van der Waals surface area contributed by atoms with Crippen molar-refractivity contribution in [3.63, 3.8) is 0 Å². The number of hydrogen-bond acceptors (Lipinski definition) is 2. The molecule has 0 spiro atoms. The maximum absolute atomic E-state index is 5.89. The van der Waals surface area contributed by atoms with E-state index < -0.39 is 0 Å². The highest BCUT2D eigenvalue weighted by atomic mass is 16.5. The molecule has 0 amide bonds. The minimum absolute atomic E-state index is 0.139. The Hall–Kier alpha value is -3.30. The number of hydrogen-bond donors (Lipinski definition) is 0. The fourth-order valence-corrected chi connectivity index (χ4v) is 3.40. The third-order valence-electron chi connectivity index (χ3n) is 5.15. The molecular formula is C30H31NO. The van der Waals surface area contributed by atoms with Crippen LogP contribution in [0.2, 0.25) is 0 Å². The molecule has 3 rings (SSSR count). The van der Waals surface area contributed by atoms with Crippen LogP contribution in [0.15, 0.2) is 72.8 Å². The largest absolute Gasteiger partial charge is 0.371 e. The molecule has 3 aromatic carbocycles. The first kappa shape index (κ1) is 23.4. The number of nitrogens with zero attached hydrogens (tertiary/aromatic N) is 1. The van der Waals surface area contributed by atoms with Gasteiger partial charge in [-0.05, 0) is 67.3 Å². The molecule has 32 heavy (non-hydrogen) atoms. The van der Waals surface area contributed by atoms with Crippen LogP contribution < -0.4 is 0 Å². The summed E-state index contributed by atoms with van der Waals surface area (Å²) in [6.07, 6.45) is 11.0. The fraction of sp³-hybridized carbons (Fsp3) is 0.267. The summed E-state index contributed by atoms with van der Waals surface area (Å²) in [6.45, 7) is 9.35. The van der Waals surface area contributed by atoms with Crippen LogP contribution in [0.3, 0.4) is 0 Å². The second-order valence-electron chi connectivity index (χ2n) is 9.05. The number of ether oxygens (including phenoxy) is 1. The molecule has 2 nitrogen and oxygen atoms in total. The van der Waals surface area contributed by atoms with Crippen molar-refractivity contribution in [2.24, 2.45) is 0 Å². The number of terminal acetylenes is 2. The molecule has 0 saturated heterocycles. The summed E-state index contributed by atoms with van der Waals surface area (Å²) in [5.74, 6) is 5.37. The minimum Gasteiger partial charge on any atom is -0.371 e. The highest BCUT2D eigenvalue weighted by Crippen LogP contribution is 2.17. The molecule has 0 N–H and O–H groups in total. The smallest absolute Gasteiger partial charge is 0.0724 e. The molecule has 0 radical (unpaired) electrons. The predicted molar refractivity (Wildman–Crippen MR) is 133 cm³/mol. The van der Waals surface area contributed by atoms with E-state index in [2.05, 4.69) is 86.0 Å². The van der Waals surface area contributed by atoms with Crippen LogP contribution in [0, 0.1) is 24.7 Å². The van der Waals surface area contributed by atoms with Crippen LogP contribution >= 0.6 is 0 Å². The number of benzene rings is 3. The molecule has 0 aliphatic heterocycles. The Labute approximate surface area is 193 Å². The van der Waals surface area contributed by atoms with Gasteiger partial charge in [0, 0.05) is 30.8 Å². The summed E-state index contributed by atoms with van der Waals surface area (Å²) in [5.41, 5.74) is 6.59. The summed E-state index contributed by atoms with van der Waals surface area (Å²) < 4.78 is 5.89. The van der Waals surface area contributed by atoms with Crippen molar-refractivity contribution < 1.29 is 4.74 Å². The average Bonchev–Trinajstić information content (AvgIpc) is 2.79. The molecule has 0 atom stereocenters. The minimum atomic E-state index is -0.139. The second-order valence-corrected chi connectivity index (χ2v) is 9.05. The van der Waals surface area contributed by atoms with Crippen molar-refractivity contribution in [3.8, 4) is 24.7 Å². The van der Waals surface area contributed by atoms with Gasteiger partial charge in [-0.25, -0.2) is 0 Å². The monoisotopic (exact) mass is 421 g/mol. The van der Waals surface area contributed by atoms with Gasteiger partial charge in [0.1, 0.15) is 0 Å².